The second-order valence-electron chi connectivity index (χ2n) is 29.9. The van der Waals surface area contributed by atoms with Crippen LogP contribution in [0.5, 0.6) is 0 Å². The Balaban J connectivity index is 0.000000111. The van der Waals surface area contributed by atoms with Crippen molar-refractivity contribution in [2.75, 3.05) is 0 Å². The zero-order chi connectivity index (χ0) is 64.1. The molecular weight excluding hydrogens is 1170 g/mol. The number of halogens is 6. The highest BCUT2D eigenvalue weighted by molar-refractivity contribution is 5.87. The van der Waals surface area contributed by atoms with Gasteiger partial charge in [0.25, 0.3) is 0 Å². The molecule has 4 heterocycles. The summed E-state index contributed by atoms with van der Waals surface area (Å²) < 4.78 is 95.8. The summed E-state index contributed by atoms with van der Waals surface area (Å²) in [5, 5.41) is 1.21. The van der Waals surface area contributed by atoms with Crippen molar-refractivity contribution in [3.63, 3.8) is 0 Å². The van der Waals surface area contributed by atoms with Crippen molar-refractivity contribution < 1.29 is 26.3 Å². The van der Waals surface area contributed by atoms with Crippen LogP contribution in [0.1, 0.15) is 210 Å². The summed E-state index contributed by atoms with van der Waals surface area (Å²) >= 11 is 0. The van der Waals surface area contributed by atoms with Crippen LogP contribution >= 0.6 is 0 Å². The Morgan fingerprint density at radius 1 is 0.452 bits per heavy atom. The van der Waals surface area contributed by atoms with Crippen LogP contribution in [0.25, 0.3) is 40.3 Å². The maximum atomic E-state index is 15.6. The van der Waals surface area contributed by atoms with Crippen LogP contribution in [-0.2, 0) is 26.3 Å². The van der Waals surface area contributed by atoms with Crippen LogP contribution in [0.4, 0.5) is 26.3 Å². The summed E-state index contributed by atoms with van der Waals surface area (Å²) in [4.78, 5) is 7.61. The molecule has 11 aliphatic carbocycles. The van der Waals surface area contributed by atoms with Crippen molar-refractivity contribution in [3.05, 3.63) is 240 Å². The molecule has 3 aliphatic heterocycles. The number of fused-ring (bicyclic) bond motifs is 7. The third kappa shape index (κ3) is 9.37. The molecule has 9 fully saturated rings. The largest absolute Gasteiger partial charge is 0.346 e. The Bertz CT molecular complexity index is 4070. The predicted molar refractivity (Wildman–Crippen MR) is 364 cm³/mol. The smallest absolute Gasteiger partial charge is 0.131 e. The molecule has 0 unspecified atom stereocenters. The van der Waals surface area contributed by atoms with Gasteiger partial charge in [0.2, 0.25) is 0 Å². The molecule has 7 aromatic rings. The van der Waals surface area contributed by atoms with Gasteiger partial charge in [-0.2, -0.15) is 0 Å². The van der Waals surface area contributed by atoms with E-state index < -0.39 is 40.9 Å². The monoisotopic (exact) mass is 1250 g/mol. The summed E-state index contributed by atoms with van der Waals surface area (Å²) in [5.74, 6) is -0.0809. The summed E-state index contributed by atoms with van der Waals surface area (Å²) in [6.45, 7) is 12.3. The predicted octanol–water partition coefficient (Wildman–Crippen LogP) is 20.5. The Morgan fingerprint density at radius 3 is 1.17 bits per heavy atom. The first-order chi connectivity index (χ1) is 45.0. The maximum absolute atomic E-state index is 15.6. The molecule has 0 radical (unpaired) electrons. The minimum Gasteiger partial charge on any atom is -0.346 e. The van der Waals surface area contributed by atoms with E-state index in [-0.39, 0.29) is 51.4 Å². The van der Waals surface area contributed by atoms with Crippen molar-refractivity contribution >= 4 is 40.3 Å². The van der Waals surface area contributed by atoms with Gasteiger partial charge in [0.15, 0.2) is 0 Å². The average molecular weight is 1250 g/mol. The zero-order valence-electron chi connectivity index (χ0n) is 54.9. The normalized spacial score (nSPS) is 30.9. The molecule has 21 rings (SSSR count). The van der Waals surface area contributed by atoms with Gasteiger partial charge in [-0.3, -0.25) is 14.7 Å². The van der Waals surface area contributed by atoms with Crippen molar-refractivity contribution in [3.8, 4) is 0 Å². The number of benzene rings is 6. The van der Waals surface area contributed by atoms with Gasteiger partial charge in [-0.05, 0) is 257 Å². The number of allylic oxidation sites excluding steroid dienone is 3. The molecule has 1 aromatic heterocycles. The molecule has 9 saturated carbocycles. The summed E-state index contributed by atoms with van der Waals surface area (Å²) in [5.41, 5.74) is 16.6. The number of hydrogen-bond donors (Lipinski definition) is 0. The van der Waals surface area contributed by atoms with Crippen LogP contribution < -0.4 is 0 Å². The lowest BCUT2D eigenvalue weighted by molar-refractivity contribution is -0.176. The molecule has 0 saturated heterocycles. The molecule has 93 heavy (non-hydrogen) atoms. The van der Waals surface area contributed by atoms with Gasteiger partial charge in [0, 0.05) is 75.1 Å². The van der Waals surface area contributed by atoms with E-state index in [9.17, 15) is 0 Å². The molecule has 14 aliphatic rings. The van der Waals surface area contributed by atoms with Gasteiger partial charge in [0.1, 0.15) is 34.9 Å². The summed E-state index contributed by atoms with van der Waals surface area (Å²) in [6, 6.07) is 34.3. The van der Waals surface area contributed by atoms with Crippen LogP contribution in [0.2, 0.25) is 0 Å². The number of para-hydroxylation sites is 1. The van der Waals surface area contributed by atoms with Crippen molar-refractivity contribution in [2.24, 2.45) is 24.8 Å². The fourth-order valence-corrected chi connectivity index (χ4v) is 20.5. The van der Waals surface area contributed by atoms with E-state index in [0.29, 0.717) is 28.8 Å². The minimum atomic E-state index is -0.444. The fraction of sp³-hybridized carbons (Fsp3) is 0.422. The number of rotatable bonds is 11. The second kappa shape index (κ2) is 22.9. The molecule has 0 spiro atoms. The van der Waals surface area contributed by atoms with Crippen LogP contribution in [0, 0.1) is 52.7 Å². The Morgan fingerprint density at radius 2 is 0.806 bits per heavy atom. The van der Waals surface area contributed by atoms with Gasteiger partial charge in [-0.25, -0.2) is 26.3 Å². The molecule has 6 aromatic carbocycles. The number of aryl methyl sites for hydroxylation is 1. The van der Waals surface area contributed by atoms with Crippen molar-refractivity contribution in [1.82, 2.24) is 19.3 Å². The maximum Gasteiger partial charge on any atom is 0.131 e. The third-order valence-electron chi connectivity index (χ3n) is 24.7. The minimum absolute atomic E-state index is 0.101. The lowest BCUT2D eigenvalue weighted by Crippen LogP contribution is -2.71. The summed E-state index contributed by atoms with van der Waals surface area (Å²) in [6.07, 6.45) is 27.9. The van der Waals surface area contributed by atoms with E-state index in [1.54, 1.807) is 18.2 Å². The van der Waals surface area contributed by atoms with E-state index in [2.05, 4.69) is 107 Å². The quantitative estimate of drug-likeness (QED) is 0.120. The Labute approximate surface area is 545 Å². The van der Waals surface area contributed by atoms with E-state index in [4.69, 9.17) is 0 Å². The number of aromatic nitrogens is 1. The fourth-order valence-electron chi connectivity index (χ4n) is 20.5. The molecule has 480 valence electrons. The van der Waals surface area contributed by atoms with E-state index in [0.717, 1.165) is 93.2 Å². The molecule has 6 bridgehead atoms. The first-order valence-corrected chi connectivity index (χ1v) is 34.9. The van der Waals surface area contributed by atoms with Gasteiger partial charge < -0.3 is 4.57 Å². The highest BCUT2D eigenvalue weighted by Crippen LogP contribution is 2.69. The lowest BCUT2D eigenvalue weighted by atomic mass is 9.48. The SMILES string of the molecule is C/C=C/c1cc(F)c([C@@H]2C3=C(C[C@@H](CC)N2C24CC(C2)C4)c2ccccc2C3)c(F)c1.C/C=C/c1cc(F)c([C@@H]2c3c(c4ccccc4n3C)C[C@@H](C)N2C23CC(C2)C3)c(F)c1.C/C=C/c1cc(F)c([C@H]2C3=C(C[C@H](CC)N2C24CC(C2)C4)c2ccccc2C3)c(F)c1. The standard InChI is InChI=1S/2C28H29F2N.C27H28F2N2/c2*1-3-7-17-10-24(29)26(25(30)11-17)27-23-12-19-8-5-6-9-21(19)22(23)13-20(4-2)31(27)28-14-18(15-28)16-28;1-4-7-17-11-21(28)24(22(29)12-17)26-25-20(19-8-5-6-9-23(19)30(25)3)10-16(2)31(26)27-13-18(14-27)15-27/h2*3,5-11,18,20,27H,4,12-16H2,1-2H3;4-9,11-12,16,18,26H,10,13-15H2,1-3H3/b2*7-3+;7-4+/t2*18?,20-,27+,28?;16-,18?,26-,27?/m101/s1. The topological polar surface area (TPSA) is 14.7 Å². The van der Waals surface area contributed by atoms with Gasteiger partial charge in [-0.15, -0.1) is 0 Å². The zero-order valence-corrected chi connectivity index (χ0v) is 54.9. The molecule has 4 nitrogen and oxygen atoms in total. The van der Waals surface area contributed by atoms with Crippen molar-refractivity contribution in [2.45, 2.75) is 197 Å². The van der Waals surface area contributed by atoms with Gasteiger partial charge >= 0.3 is 0 Å². The molecule has 0 amide bonds. The van der Waals surface area contributed by atoms with Crippen LogP contribution in [-0.4, -0.2) is 54.0 Å². The highest BCUT2D eigenvalue weighted by atomic mass is 19.2. The van der Waals surface area contributed by atoms with E-state index >= 15 is 26.3 Å². The van der Waals surface area contributed by atoms with E-state index in [1.165, 1.54) is 130 Å². The van der Waals surface area contributed by atoms with Gasteiger partial charge in [0.05, 0.1) is 18.1 Å². The first kappa shape index (κ1) is 60.9. The molecule has 6 atom stereocenters. The Hall–Kier alpha value is -6.98. The summed E-state index contributed by atoms with van der Waals surface area (Å²) in [7, 11) is 2.05. The van der Waals surface area contributed by atoms with Crippen molar-refractivity contribution in [1.29, 1.82) is 0 Å². The number of hydrogen-bond acceptors (Lipinski definition) is 3. The van der Waals surface area contributed by atoms with Crippen LogP contribution in [0.3, 0.4) is 0 Å². The Kier molecular flexibility index (Phi) is 15.0. The number of nitrogens with zero attached hydrogens (tertiary/aromatic N) is 4. The van der Waals surface area contributed by atoms with Gasteiger partial charge in [-0.1, -0.05) is 117 Å². The average Bonchev–Trinajstić information content (AvgIpc) is 1.53. The molecule has 10 heteroatoms. The lowest BCUT2D eigenvalue weighted by Gasteiger charge is -2.70. The molecular formula is C83H86F6N4. The van der Waals surface area contributed by atoms with E-state index in [1.807, 2.05) is 52.1 Å². The first-order valence-electron chi connectivity index (χ1n) is 34.9. The highest BCUT2D eigenvalue weighted by Gasteiger charge is 2.66. The molecule has 0 N–H and O–H groups in total. The third-order valence-corrected chi connectivity index (χ3v) is 24.7. The second-order valence-corrected chi connectivity index (χ2v) is 29.9. The van der Waals surface area contributed by atoms with Crippen LogP contribution in [0.15, 0.2) is 139 Å².